The molecule has 0 atom stereocenters. The van der Waals surface area contributed by atoms with Crippen LogP contribution in [0.5, 0.6) is 11.5 Å². The Hall–Kier alpha value is -8.20. The van der Waals surface area contributed by atoms with Crippen molar-refractivity contribution in [2.75, 3.05) is 0 Å². The van der Waals surface area contributed by atoms with Crippen molar-refractivity contribution in [3.8, 4) is 85.1 Å². The summed E-state index contributed by atoms with van der Waals surface area (Å²) in [6.07, 6.45) is 0. The largest absolute Gasteiger partial charge is 0.456 e. The van der Waals surface area contributed by atoms with E-state index in [4.69, 9.17) is 19.7 Å². The van der Waals surface area contributed by atoms with E-state index in [0.29, 0.717) is 28.8 Å². The number of benzene rings is 10. The molecule has 59 heavy (non-hydrogen) atoms. The summed E-state index contributed by atoms with van der Waals surface area (Å²) in [4.78, 5) is 14.9. The summed E-state index contributed by atoms with van der Waals surface area (Å²) in [5.41, 5.74) is 10.2. The van der Waals surface area contributed by atoms with Crippen molar-refractivity contribution in [3.63, 3.8) is 0 Å². The lowest BCUT2D eigenvalue weighted by atomic mass is 9.88. The van der Waals surface area contributed by atoms with E-state index in [9.17, 15) is 5.26 Å². The van der Waals surface area contributed by atoms with E-state index in [1.807, 2.05) is 91.0 Å². The summed E-state index contributed by atoms with van der Waals surface area (Å²) in [5.74, 6) is 3.48. The van der Waals surface area contributed by atoms with E-state index in [1.54, 1.807) is 0 Å². The van der Waals surface area contributed by atoms with Crippen LogP contribution >= 0.6 is 0 Å². The molecule has 272 valence electrons. The van der Waals surface area contributed by atoms with E-state index in [2.05, 4.69) is 97.1 Å². The normalized spacial score (nSPS) is 11.8. The molecule has 0 N–H and O–H groups in total. The second kappa shape index (κ2) is 12.9. The van der Waals surface area contributed by atoms with Crippen molar-refractivity contribution >= 4 is 43.1 Å². The first-order valence-electron chi connectivity index (χ1n) is 19.6. The summed E-state index contributed by atoms with van der Waals surface area (Å²) >= 11 is 0. The van der Waals surface area contributed by atoms with Crippen molar-refractivity contribution in [2.24, 2.45) is 0 Å². The van der Waals surface area contributed by atoms with Crippen LogP contribution in [-0.2, 0) is 0 Å². The highest BCUT2D eigenvalue weighted by Gasteiger charge is 2.22. The van der Waals surface area contributed by atoms with Crippen molar-refractivity contribution in [3.05, 3.63) is 188 Å². The Morgan fingerprint density at radius 3 is 1.47 bits per heavy atom. The first-order chi connectivity index (χ1) is 29.1. The van der Waals surface area contributed by atoms with Gasteiger partial charge >= 0.3 is 0 Å². The lowest BCUT2D eigenvalue weighted by Crippen LogP contribution is -2.00. The quantitative estimate of drug-likeness (QED) is 0.164. The van der Waals surface area contributed by atoms with Gasteiger partial charge in [0, 0.05) is 27.6 Å². The summed E-state index contributed by atoms with van der Waals surface area (Å²) in [6.45, 7) is 0. The zero-order valence-electron chi connectivity index (χ0n) is 31.5. The fourth-order valence-corrected chi connectivity index (χ4v) is 8.87. The minimum atomic E-state index is 0.586. The lowest BCUT2D eigenvalue weighted by Gasteiger charge is -2.22. The molecule has 1 aliphatic rings. The molecular formula is C54H30N4O. The molecule has 12 rings (SSSR count). The molecular weight excluding hydrogens is 721 g/mol. The number of hydrogen-bond donors (Lipinski definition) is 0. The molecule has 5 nitrogen and oxygen atoms in total. The molecule has 5 heteroatoms. The van der Waals surface area contributed by atoms with Gasteiger partial charge < -0.3 is 4.74 Å². The molecule has 1 aliphatic heterocycles. The minimum Gasteiger partial charge on any atom is -0.456 e. The number of rotatable bonds is 5. The Labute approximate surface area is 339 Å². The Kier molecular flexibility index (Phi) is 7.22. The zero-order valence-corrected chi connectivity index (χ0v) is 31.5. The summed E-state index contributed by atoms with van der Waals surface area (Å²) in [5, 5.41) is 18.9. The Balaban J connectivity index is 0.914. The van der Waals surface area contributed by atoms with Gasteiger partial charge in [-0.05, 0) is 114 Å². The van der Waals surface area contributed by atoms with Crippen molar-refractivity contribution in [1.82, 2.24) is 15.0 Å². The third kappa shape index (κ3) is 5.35. The topological polar surface area (TPSA) is 71.7 Å². The van der Waals surface area contributed by atoms with Gasteiger partial charge in [-0.15, -0.1) is 0 Å². The van der Waals surface area contributed by atoms with Gasteiger partial charge in [0.25, 0.3) is 0 Å². The van der Waals surface area contributed by atoms with Crippen LogP contribution in [0.2, 0.25) is 0 Å². The van der Waals surface area contributed by atoms with Gasteiger partial charge in [0.15, 0.2) is 17.5 Å². The average Bonchev–Trinajstić information content (AvgIpc) is 3.31. The predicted octanol–water partition coefficient (Wildman–Crippen LogP) is 13.9. The fourth-order valence-electron chi connectivity index (χ4n) is 8.87. The molecule has 10 aromatic carbocycles. The highest BCUT2D eigenvalue weighted by molar-refractivity contribution is 6.24. The van der Waals surface area contributed by atoms with Crippen molar-refractivity contribution in [1.29, 1.82) is 5.26 Å². The number of ether oxygens (including phenoxy) is 1. The minimum absolute atomic E-state index is 0.586. The fraction of sp³-hybridized carbons (Fsp3) is 0. The molecule has 0 saturated heterocycles. The van der Waals surface area contributed by atoms with Crippen LogP contribution in [0.3, 0.4) is 0 Å². The molecule has 1 aromatic heterocycles. The zero-order chi connectivity index (χ0) is 39.0. The maximum Gasteiger partial charge on any atom is 0.164 e. The Morgan fingerprint density at radius 2 is 0.881 bits per heavy atom. The molecule has 0 radical (unpaired) electrons. The second-order valence-electron chi connectivity index (χ2n) is 15.1. The molecule has 0 saturated carbocycles. The van der Waals surface area contributed by atoms with Gasteiger partial charge in [-0.3, -0.25) is 0 Å². The van der Waals surface area contributed by atoms with E-state index in [1.165, 1.54) is 27.1 Å². The van der Waals surface area contributed by atoms with Crippen LogP contribution in [-0.4, -0.2) is 15.0 Å². The number of nitriles is 1. The first-order valence-corrected chi connectivity index (χ1v) is 19.6. The van der Waals surface area contributed by atoms with Crippen molar-refractivity contribution < 1.29 is 4.74 Å². The monoisotopic (exact) mass is 750 g/mol. The van der Waals surface area contributed by atoms with Gasteiger partial charge in [0.05, 0.1) is 11.6 Å². The highest BCUT2D eigenvalue weighted by atomic mass is 16.5. The first kappa shape index (κ1) is 33.0. The van der Waals surface area contributed by atoms with Crippen LogP contribution < -0.4 is 4.74 Å². The van der Waals surface area contributed by atoms with Crippen LogP contribution in [0.4, 0.5) is 0 Å². The van der Waals surface area contributed by atoms with Gasteiger partial charge in [-0.25, -0.2) is 15.0 Å². The van der Waals surface area contributed by atoms with E-state index >= 15 is 0 Å². The van der Waals surface area contributed by atoms with E-state index in [-0.39, 0.29) is 0 Å². The molecule has 0 amide bonds. The Bertz CT molecular complexity index is 3390. The summed E-state index contributed by atoms with van der Waals surface area (Å²) in [7, 11) is 0. The van der Waals surface area contributed by atoms with E-state index < -0.39 is 0 Å². The highest BCUT2D eigenvalue weighted by Crippen LogP contribution is 2.49. The van der Waals surface area contributed by atoms with Gasteiger partial charge in [0.2, 0.25) is 0 Å². The molecule has 11 aromatic rings. The number of nitrogens with zero attached hydrogens (tertiary/aromatic N) is 4. The molecule has 0 aliphatic carbocycles. The second-order valence-corrected chi connectivity index (χ2v) is 15.1. The summed E-state index contributed by atoms with van der Waals surface area (Å²) < 4.78 is 6.35. The van der Waals surface area contributed by atoms with Gasteiger partial charge in [-0.1, -0.05) is 133 Å². The van der Waals surface area contributed by atoms with Gasteiger partial charge in [0.1, 0.15) is 11.5 Å². The standard InChI is InChI=1S/C54H30N4O/c55-31-32-14-23-44-46-25-24-43(45-12-7-13-47(51(45)46)59-48(44)26-32)34-17-15-33(16-18-34)41-27-37-19-21-39-29-42(30-40-22-20-38(28-41)49(37)50(39)40)54-57-52(35-8-3-1-4-9-35)56-53(58-54)36-10-5-2-6-11-36/h1-30H. The molecule has 0 bridgehead atoms. The van der Waals surface area contributed by atoms with Crippen LogP contribution in [0.1, 0.15) is 5.56 Å². The van der Waals surface area contributed by atoms with E-state index in [0.717, 1.165) is 71.8 Å². The molecule has 2 heterocycles. The maximum atomic E-state index is 9.45. The Morgan fingerprint density at radius 1 is 0.356 bits per heavy atom. The lowest BCUT2D eigenvalue weighted by molar-refractivity contribution is 0.487. The SMILES string of the molecule is N#Cc1ccc2c(c1)Oc1cccc3c(-c4ccc(-c5cc6ccc7cc(-c8nc(-c9ccccc9)nc(-c9ccccc9)n8)cc8ccc(c5)c6c78)cc4)ccc-2c13. The van der Waals surface area contributed by atoms with Crippen LogP contribution in [0, 0.1) is 11.3 Å². The summed E-state index contributed by atoms with van der Waals surface area (Å²) in [6, 6.07) is 65.5. The third-order valence-corrected chi connectivity index (χ3v) is 11.6. The maximum absolute atomic E-state index is 9.45. The third-order valence-electron chi connectivity index (χ3n) is 11.6. The average molecular weight is 751 g/mol. The van der Waals surface area contributed by atoms with Crippen LogP contribution in [0.25, 0.3) is 111 Å². The smallest absolute Gasteiger partial charge is 0.164 e. The predicted molar refractivity (Wildman–Crippen MR) is 238 cm³/mol. The molecule has 0 unspecified atom stereocenters. The van der Waals surface area contributed by atoms with Gasteiger partial charge in [-0.2, -0.15) is 5.26 Å². The number of hydrogen-bond acceptors (Lipinski definition) is 5. The number of fused-ring (bicyclic) bond motifs is 2. The molecule has 0 spiro atoms. The van der Waals surface area contributed by atoms with Crippen molar-refractivity contribution in [2.45, 2.75) is 0 Å². The van der Waals surface area contributed by atoms with Crippen LogP contribution in [0.15, 0.2) is 182 Å². The number of aromatic nitrogens is 3. The molecule has 0 fully saturated rings.